The lowest BCUT2D eigenvalue weighted by Crippen LogP contribution is -2.01. The van der Waals surface area contributed by atoms with Crippen molar-refractivity contribution in [3.05, 3.63) is 36.0 Å². The van der Waals surface area contributed by atoms with Crippen molar-refractivity contribution in [3.63, 3.8) is 0 Å². The predicted octanol–water partition coefficient (Wildman–Crippen LogP) is 1.74. The first-order valence-electron chi connectivity index (χ1n) is 3.65. The molecule has 0 amide bonds. The van der Waals surface area contributed by atoms with Gasteiger partial charge in [0, 0.05) is 5.57 Å². The van der Waals surface area contributed by atoms with Crippen LogP contribution in [0.5, 0.6) is 0 Å². The summed E-state index contributed by atoms with van der Waals surface area (Å²) >= 11 is 0. The standard InChI is InChI=1S/C10H11NO2/c1-4-5-9(7-11)6-8(2)10(12)13-3/h4-6H,1H2,2-3H3/b8-6+,9-5+. The average Bonchev–Trinajstić information content (AvgIpc) is 2.15. The zero-order valence-electron chi connectivity index (χ0n) is 7.70. The van der Waals surface area contributed by atoms with Crippen molar-refractivity contribution >= 4 is 5.97 Å². The minimum atomic E-state index is -0.440. The van der Waals surface area contributed by atoms with Gasteiger partial charge in [-0.2, -0.15) is 5.26 Å². The number of carbonyl (C=O) groups is 1. The van der Waals surface area contributed by atoms with Crippen molar-refractivity contribution in [2.75, 3.05) is 7.11 Å². The number of methoxy groups -OCH3 is 1. The third-order valence-electron chi connectivity index (χ3n) is 1.31. The van der Waals surface area contributed by atoms with Gasteiger partial charge in [0.2, 0.25) is 0 Å². The molecule has 0 bridgehead atoms. The molecule has 0 aromatic carbocycles. The molecule has 0 aromatic heterocycles. The summed E-state index contributed by atoms with van der Waals surface area (Å²) < 4.78 is 4.47. The summed E-state index contributed by atoms with van der Waals surface area (Å²) in [6, 6.07) is 1.92. The quantitative estimate of drug-likeness (QED) is 0.285. The van der Waals surface area contributed by atoms with Crippen LogP contribution in [0.3, 0.4) is 0 Å². The Labute approximate surface area is 77.6 Å². The Hall–Kier alpha value is -1.82. The average molecular weight is 177 g/mol. The minimum absolute atomic E-state index is 0.373. The highest BCUT2D eigenvalue weighted by atomic mass is 16.5. The van der Waals surface area contributed by atoms with Crippen LogP contribution in [0.15, 0.2) is 36.0 Å². The van der Waals surface area contributed by atoms with Crippen LogP contribution in [0.25, 0.3) is 0 Å². The number of nitriles is 1. The van der Waals surface area contributed by atoms with E-state index in [0.29, 0.717) is 11.1 Å². The third-order valence-corrected chi connectivity index (χ3v) is 1.31. The SMILES string of the molecule is C=C/C=C(C#N)\C=C(/C)C(=O)OC. The zero-order chi connectivity index (χ0) is 10.3. The summed E-state index contributed by atoms with van der Waals surface area (Å²) in [7, 11) is 1.29. The van der Waals surface area contributed by atoms with Crippen molar-refractivity contribution in [2.45, 2.75) is 6.92 Å². The van der Waals surface area contributed by atoms with Crippen molar-refractivity contribution in [1.82, 2.24) is 0 Å². The molecular formula is C10H11NO2. The maximum absolute atomic E-state index is 10.9. The first kappa shape index (κ1) is 11.2. The zero-order valence-corrected chi connectivity index (χ0v) is 7.70. The van der Waals surface area contributed by atoms with Crippen molar-refractivity contribution in [3.8, 4) is 6.07 Å². The molecule has 0 aliphatic heterocycles. The monoisotopic (exact) mass is 177 g/mol. The van der Waals surface area contributed by atoms with Gasteiger partial charge in [-0.25, -0.2) is 4.79 Å². The lowest BCUT2D eigenvalue weighted by molar-refractivity contribution is -0.136. The van der Waals surface area contributed by atoms with Gasteiger partial charge in [-0.1, -0.05) is 12.7 Å². The Morgan fingerprint density at radius 3 is 2.62 bits per heavy atom. The molecule has 0 fully saturated rings. The van der Waals surface area contributed by atoms with E-state index < -0.39 is 5.97 Å². The molecule has 3 nitrogen and oxygen atoms in total. The van der Waals surface area contributed by atoms with Crippen LogP contribution in [0.4, 0.5) is 0 Å². The van der Waals surface area contributed by atoms with Crippen LogP contribution in [-0.2, 0) is 9.53 Å². The molecular weight excluding hydrogens is 166 g/mol. The molecule has 0 aromatic rings. The molecule has 0 heterocycles. The summed E-state index contributed by atoms with van der Waals surface area (Å²) in [4.78, 5) is 10.9. The second-order valence-corrected chi connectivity index (χ2v) is 2.29. The lowest BCUT2D eigenvalue weighted by atomic mass is 10.2. The summed E-state index contributed by atoms with van der Waals surface area (Å²) in [6.45, 7) is 5.03. The van der Waals surface area contributed by atoms with E-state index in [-0.39, 0.29) is 0 Å². The molecule has 0 rings (SSSR count). The second-order valence-electron chi connectivity index (χ2n) is 2.29. The molecule has 68 valence electrons. The fourth-order valence-electron chi connectivity index (χ4n) is 0.698. The highest BCUT2D eigenvalue weighted by Crippen LogP contribution is 2.03. The van der Waals surface area contributed by atoms with Crippen molar-refractivity contribution in [1.29, 1.82) is 5.26 Å². The van der Waals surface area contributed by atoms with E-state index in [2.05, 4.69) is 11.3 Å². The van der Waals surface area contributed by atoms with Crippen LogP contribution in [0.2, 0.25) is 0 Å². The Bertz CT molecular complexity index is 305. The maximum atomic E-state index is 10.9. The van der Waals surface area contributed by atoms with Crippen molar-refractivity contribution < 1.29 is 9.53 Å². The molecule has 0 radical (unpaired) electrons. The van der Waals surface area contributed by atoms with E-state index in [4.69, 9.17) is 5.26 Å². The molecule has 0 aliphatic rings. The van der Waals surface area contributed by atoms with Gasteiger partial charge in [0.15, 0.2) is 0 Å². The highest BCUT2D eigenvalue weighted by molar-refractivity contribution is 5.88. The number of hydrogen-bond acceptors (Lipinski definition) is 3. The number of ether oxygens (including phenoxy) is 1. The number of nitrogens with zero attached hydrogens (tertiary/aromatic N) is 1. The molecule has 0 aliphatic carbocycles. The fourth-order valence-corrected chi connectivity index (χ4v) is 0.698. The number of carbonyl (C=O) groups excluding carboxylic acids is 1. The van der Waals surface area contributed by atoms with Crippen LogP contribution in [-0.4, -0.2) is 13.1 Å². The largest absolute Gasteiger partial charge is 0.466 e. The van der Waals surface area contributed by atoms with Crippen LogP contribution in [0.1, 0.15) is 6.92 Å². The summed E-state index contributed by atoms with van der Waals surface area (Å²) in [6.07, 6.45) is 4.46. The van der Waals surface area contributed by atoms with Gasteiger partial charge in [0.1, 0.15) is 0 Å². The molecule has 0 saturated heterocycles. The van der Waals surface area contributed by atoms with E-state index in [9.17, 15) is 4.79 Å². The number of hydrogen-bond donors (Lipinski definition) is 0. The topological polar surface area (TPSA) is 50.1 Å². The Morgan fingerprint density at radius 2 is 2.23 bits per heavy atom. The number of allylic oxidation sites excluding steroid dienone is 4. The Kier molecular flexibility index (Phi) is 4.97. The van der Waals surface area contributed by atoms with Gasteiger partial charge in [-0.3, -0.25) is 0 Å². The van der Waals surface area contributed by atoms with Crippen molar-refractivity contribution in [2.24, 2.45) is 0 Å². The van der Waals surface area contributed by atoms with E-state index >= 15 is 0 Å². The first-order chi connectivity index (χ1) is 6.15. The predicted molar refractivity (Wildman–Crippen MR) is 49.7 cm³/mol. The molecule has 0 saturated carbocycles. The number of esters is 1. The van der Waals surface area contributed by atoms with Gasteiger partial charge in [-0.05, 0) is 19.1 Å². The molecule has 0 spiro atoms. The van der Waals surface area contributed by atoms with Gasteiger partial charge >= 0.3 is 5.97 Å². The smallest absolute Gasteiger partial charge is 0.333 e. The summed E-state index contributed by atoms with van der Waals surface area (Å²) in [5.41, 5.74) is 0.759. The second kappa shape index (κ2) is 5.78. The molecule has 0 N–H and O–H groups in total. The highest BCUT2D eigenvalue weighted by Gasteiger charge is 2.02. The van der Waals surface area contributed by atoms with E-state index in [0.717, 1.165) is 0 Å². The molecule has 13 heavy (non-hydrogen) atoms. The number of rotatable bonds is 3. The van der Waals surface area contributed by atoms with E-state index in [1.54, 1.807) is 6.92 Å². The molecule has 0 atom stereocenters. The van der Waals surface area contributed by atoms with Gasteiger partial charge in [0.25, 0.3) is 0 Å². The van der Waals surface area contributed by atoms with Gasteiger partial charge < -0.3 is 4.74 Å². The van der Waals surface area contributed by atoms with E-state index in [1.807, 2.05) is 6.07 Å². The van der Waals surface area contributed by atoms with Crippen LogP contribution in [0, 0.1) is 11.3 Å². The van der Waals surface area contributed by atoms with E-state index in [1.165, 1.54) is 25.3 Å². The maximum Gasteiger partial charge on any atom is 0.333 e. The minimum Gasteiger partial charge on any atom is -0.466 e. The summed E-state index contributed by atoms with van der Waals surface area (Å²) in [5.74, 6) is -0.440. The Morgan fingerprint density at radius 1 is 1.62 bits per heavy atom. The van der Waals surface area contributed by atoms with Gasteiger partial charge in [0.05, 0.1) is 18.8 Å². The fraction of sp³-hybridized carbons (Fsp3) is 0.200. The lowest BCUT2D eigenvalue weighted by Gasteiger charge is -1.96. The van der Waals surface area contributed by atoms with Crippen LogP contribution >= 0.6 is 0 Å². The van der Waals surface area contributed by atoms with Gasteiger partial charge in [-0.15, -0.1) is 0 Å². The molecule has 0 unspecified atom stereocenters. The third kappa shape index (κ3) is 3.92. The first-order valence-corrected chi connectivity index (χ1v) is 3.65. The normalized spacial score (nSPS) is 11.8. The summed E-state index contributed by atoms with van der Waals surface area (Å²) in [5, 5.41) is 8.60. The molecule has 3 heteroatoms. The Balaban J connectivity index is 4.73. The van der Waals surface area contributed by atoms with Crippen LogP contribution < -0.4 is 0 Å².